The highest BCUT2D eigenvalue weighted by atomic mass is 79.9. The van der Waals surface area contributed by atoms with Crippen LogP contribution in [0.2, 0.25) is 0 Å². The quantitative estimate of drug-likeness (QED) is 0.422. The van der Waals surface area contributed by atoms with Crippen molar-refractivity contribution in [2.75, 3.05) is 17.7 Å². The van der Waals surface area contributed by atoms with Crippen LogP contribution in [0.4, 0.5) is 10.8 Å². The predicted octanol–water partition coefficient (Wildman–Crippen LogP) is 4.66. The average Bonchev–Trinajstić information content (AvgIpc) is 3.22. The lowest BCUT2D eigenvalue weighted by molar-refractivity contribution is 0.0602. The van der Waals surface area contributed by atoms with Crippen molar-refractivity contribution in [2.24, 2.45) is 0 Å². The Morgan fingerprint density at radius 3 is 2.74 bits per heavy atom. The number of anilines is 2. The number of nitrogens with zero attached hydrogens (tertiary/aromatic N) is 2. The lowest BCUT2D eigenvalue weighted by Gasteiger charge is -2.08. The van der Waals surface area contributed by atoms with Gasteiger partial charge in [0, 0.05) is 21.6 Å². The molecule has 9 heteroatoms. The molecule has 3 rings (SSSR count). The van der Waals surface area contributed by atoms with Gasteiger partial charge in [-0.3, -0.25) is 4.68 Å². The molecule has 0 amide bonds. The summed E-state index contributed by atoms with van der Waals surface area (Å²) in [6, 6.07) is 11.7. The number of rotatable bonds is 5. The zero-order valence-electron chi connectivity index (χ0n) is 14.7. The fourth-order valence-electron chi connectivity index (χ4n) is 2.41. The Hall–Kier alpha value is -2.23. The monoisotopic (exact) mass is 464 g/mol. The second-order valence-corrected chi connectivity index (χ2v) is 8.28. The zero-order valence-corrected chi connectivity index (χ0v) is 17.9. The molecule has 3 aromatic rings. The summed E-state index contributed by atoms with van der Waals surface area (Å²) in [6.07, 6.45) is 1.88. The van der Waals surface area contributed by atoms with Crippen LogP contribution in [-0.4, -0.2) is 28.0 Å². The van der Waals surface area contributed by atoms with E-state index in [9.17, 15) is 4.79 Å². The van der Waals surface area contributed by atoms with Crippen LogP contribution in [-0.2, 0) is 11.3 Å². The smallest absolute Gasteiger partial charge is 0.340 e. The summed E-state index contributed by atoms with van der Waals surface area (Å²) in [7, 11) is 1.35. The number of benzene rings is 1. The molecule has 0 aliphatic heterocycles. The first-order valence-electron chi connectivity index (χ1n) is 7.99. The summed E-state index contributed by atoms with van der Waals surface area (Å²) < 4.78 is 7.67. The molecule has 0 radical (unpaired) electrons. The summed E-state index contributed by atoms with van der Waals surface area (Å²) in [5.74, 6) is 0.223. The SMILES string of the molecule is COC(=O)c1cc(C)sc1NC(=S)Nc1ccn(Cc2ccc(Br)cc2)n1. The van der Waals surface area contributed by atoms with Crippen molar-refractivity contribution in [1.82, 2.24) is 9.78 Å². The van der Waals surface area contributed by atoms with Gasteiger partial charge in [0.15, 0.2) is 10.9 Å². The number of hydrogen-bond acceptors (Lipinski definition) is 5. The Kier molecular flexibility index (Phi) is 6.25. The van der Waals surface area contributed by atoms with E-state index in [0.29, 0.717) is 28.0 Å². The van der Waals surface area contributed by atoms with Crippen LogP contribution in [0.15, 0.2) is 47.1 Å². The number of carbonyl (C=O) groups excluding carboxylic acids is 1. The number of aromatic nitrogens is 2. The van der Waals surface area contributed by atoms with Gasteiger partial charge >= 0.3 is 5.97 Å². The Bertz CT molecular complexity index is 966. The van der Waals surface area contributed by atoms with Crippen LogP contribution in [0.25, 0.3) is 0 Å². The predicted molar refractivity (Wildman–Crippen MR) is 116 cm³/mol. The van der Waals surface area contributed by atoms with Gasteiger partial charge in [0.2, 0.25) is 0 Å². The molecule has 0 atom stereocenters. The van der Waals surface area contributed by atoms with E-state index in [1.807, 2.05) is 48.1 Å². The Morgan fingerprint density at radius 1 is 1.30 bits per heavy atom. The number of nitrogens with one attached hydrogen (secondary N) is 2. The van der Waals surface area contributed by atoms with Gasteiger partial charge in [0.05, 0.1) is 19.2 Å². The number of thiocarbonyl (C=S) groups is 1. The van der Waals surface area contributed by atoms with Crippen molar-refractivity contribution in [3.8, 4) is 0 Å². The minimum Gasteiger partial charge on any atom is -0.465 e. The number of carbonyl (C=O) groups is 1. The van der Waals surface area contributed by atoms with E-state index in [4.69, 9.17) is 17.0 Å². The molecular weight excluding hydrogens is 448 g/mol. The normalized spacial score (nSPS) is 10.5. The number of methoxy groups -OCH3 is 1. The highest BCUT2D eigenvalue weighted by Crippen LogP contribution is 2.28. The summed E-state index contributed by atoms with van der Waals surface area (Å²) in [5.41, 5.74) is 1.61. The van der Waals surface area contributed by atoms with Gasteiger partial charge in [-0.05, 0) is 42.9 Å². The van der Waals surface area contributed by atoms with Crippen molar-refractivity contribution in [1.29, 1.82) is 0 Å². The second kappa shape index (κ2) is 8.64. The van der Waals surface area contributed by atoms with Crippen LogP contribution < -0.4 is 10.6 Å². The summed E-state index contributed by atoms with van der Waals surface area (Å²) in [6.45, 7) is 2.58. The van der Waals surface area contributed by atoms with Gasteiger partial charge in [-0.2, -0.15) is 5.10 Å². The van der Waals surface area contributed by atoms with Crippen molar-refractivity contribution in [3.63, 3.8) is 0 Å². The minimum absolute atomic E-state index is 0.357. The second-order valence-electron chi connectivity index (χ2n) is 5.70. The van der Waals surface area contributed by atoms with Gasteiger partial charge in [-0.25, -0.2) is 4.79 Å². The van der Waals surface area contributed by atoms with Gasteiger partial charge in [-0.1, -0.05) is 28.1 Å². The molecule has 2 aromatic heterocycles. The number of esters is 1. The first-order valence-corrected chi connectivity index (χ1v) is 10.0. The summed E-state index contributed by atoms with van der Waals surface area (Å²) in [4.78, 5) is 12.8. The highest BCUT2D eigenvalue weighted by Gasteiger charge is 2.16. The molecule has 27 heavy (non-hydrogen) atoms. The van der Waals surface area contributed by atoms with Gasteiger partial charge in [0.25, 0.3) is 0 Å². The van der Waals surface area contributed by atoms with E-state index in [2.05, 4.69) is 31.7 Å². The lowest BCUT2D eigenvalue weighted by Crippen LogP contribution is -2.20. The third-order valence-corrected chi connectivity index (χ3v) is 5.33. The number of ether oxygens (including phenoxy) is 1. The number of aryl methyl sites for hydroxylation is 1. The standard InChI is InChI=1S/C18H17BrN4O2S2/c1-11-9-14(17(24)25-2)16(27-11)21-18(26)20-15-7-8-23(22-15)10-12-3-5-13(19)6-4-12/h3-9H,10H2,1-2H3,(H2,20,21,22,26). The van der Waals surface area contributed by atoms with Crippen LogP contribution in [0.1, 0.15) is 20.8 Å². The Balaban J connectivity index is 1.63. The molecule has 1 aromatic carbocycles. The van der Waals surface area contributed by atoms with Gasteiger partial charge < -0.3 is 15.4 Å². The van der Waals surface area contributed by atoms with Crippen LogP contribution in [0.5, 0.6) is 0 Å². The molecule has 6 nitrogen and oxygen atoms in total. The third kappa shape index (κ3) is 5.15. The number of thiophene rings is 1. The Labute approximate surface area is 174 Å². The maximum atomic E-state index is 11.8. The Morgan fingerprint density at radius 2 is 2.04 bits per heavy atom. The number of halogens is 1. The topological polar surface area (TPSA) is 68.2 Å². The maximum absolute atomic E-state index is 11.8. The molecule has 0 unspecified atom stereocenters. The molecule has 2 heterocycles. The minimum atomic E-state index is -0.400. The maximum Gasteiger partial charge on any atom is 0.340 e. The van der Waals surface area contributed by atoms with E-state index in [0.717, 1.165) is 14.9 Å². The highest BCUT2D eigenvalue weighted by molar-refractivity contribution is 9.10. The molecule has 140 valence electrons. The van der Waals surface area contributed by atoms with Crippen molar-refractivity contribution in [3.05, 3.63) is 63.1 Å². The summed E-state index contributed by atoms with van der Waals surface area (Å²) >= 11 is 10.2. The van der Waals surface area contributed by atoms with Crippen LogP contribution in [0.3, 0.4) is 0 Å². The average molecular weight is 465 g/mol. The fourth-order valence-corrected chi connectivity index (χ4v) is 3.85. The van der Waals surface area contributed by atoms with Crippen molar-refractivity contribution in [2.45, 2.75) is 13.5 Å². The largest absolute Gasteiger partial charge is 0.465 e. The van der Waals surface area contributed by atoms with Crippen LogP contribution >= 0.6 is 39.5 Å². The molecule has 0 saturated carbocycles. The van der Waals surface area contributed by atoms with E-state index in [1.54, 1.807) is 6.07 Å². The third-order valence-electron chi connectivity index (χ3n) is 3.63. The first kappa shape index (κ1) is 19.5. The molecule has 0 bridgehead atoms. The van der Waals surface area contributed by atoms with Crippen molar-refractivity contribution < 1.29 is 9.53 Å². The molecule has 0 aliphatic rings. The van der Waals surface area contributed by atoms with Crippen molar-refractivity contribution >= 4 is 61.4 Å². The summed E-state index contributed by atoms with van der Waals surface area (Å²) in [5, 5.41) is 11.5. The van der Waals surface area contributed by atoms with E-state index in [-0.39, 0.29) is 0 Å². The van der Waals surface area contributed by atoms with Gasteiger partial charge in [0.1, 0.15) is 5.00 Å². The van der Waals surface area contributed by atoms with E-state index >= 15 is 0 Å². The lowest BCUT2D eigenvalue weighted by atomic mass is 10.2. The zero-order chi connectivity index (χ0) is 19.4. The molecule has 0 aliphatic carbocycles. The van der Waals surface area contributed by atoms with E-state index in [1.165, 1.54) is 18.4 Å². The first-order chi connectivity index (χ1) is 12.9. The molecule has 0 spiro atoms. The fraction of sp³-hybridized carbons (Fsp3) is 0.167. The van der Waals surface area contributed by atoms with Crippen LogP contribution in [0, 0.1) is 6.92 Å². The molecule has 2 N–H and O–H groups in total. The van der Waals surface area contributed by atoms with E-state index < -0.39 is 5.97 Å². The van der Waals surface area contributed by atoms with Gasteiger partial charge in [-0.15, -0.1) is 11.3 Å². The number of hydrogen-bond donors (Lipinski definition) is 2. The molecular formula is C18H17BrN4O2S2. The molecule has 0 fully saturated rings. The molecule has 0 saturated heterocycles.